The zero-order chi connectivity index (χ0) is 12.6. The molecule has 0 bridgehead atoms. The van der Waals surface area contributed by atoms with Crippen molar-refractivity contribution in [3.05, 3.63) is 23.3 Å². The van der Waals surface area contributed by atoms with Gasteiger partial charge in [0.15, 0.2) is 0 Å². The maximum absolute atomic E-state index is 11.4. The number of ether oxygens (including phenoxy) is 1. The lowest BCUT2D eigenvalue weighted by atomic mass is 9.64. The second-order valence-corrected chi connectivity index (χ2v) is 4.56. The fourth-order valence-electron chi connectivity index (χ4n) is 2.32. The number of aliphatic carboxylic acids is 1. The highest BCUT2D eigenvalue weighted by atomic mass is 16.5. The van der Waals surface area contributed by atoms with Crippen LogP contribution in [0.4, 0.5) is 0 Å². The first-order valence-electron chi connectivity index (χ1n) is 5.63. The Hall–Kier alpha value is -1.71. The Morgan fingerprint density at radius 2 is 2.06 bits per heavy atom. The lowest BCUT2D eigenvalue weighted by Crippen LogP contribution is -2.42. The number of benzene rings is 1. The molecule has 0 spiro atoms. The van der Waals surface area contributed by atoms with Gasteiger partial charge in [-0.05, 0) is 37.5 Å². The molecule has 0 unspecified atom stereocenters. The van der Waals surface area contributed by atoms with E-state index in [1.165, 1.54) is 7.11 Å². The maximum atomic E-state index is 11.4. The van der Waals surface area contributed by atoms with Crippen molar-refractivity contribution in [1.29, 1.82) is 0 Å². The highest BCUT2D eigenvalue weighted by molar-refractivity contribution is 5.83. The van der Waals surface area contributed by atoms with E-state index in [1.54, 1.807) is 19.1 Å². The minimum atomic E-state index is -0.835. The number of aromatic hydroxyl groups is 1. The third kappa shape index (κ3) is 1.64. The fraction of sp³-hybridized carbons (Fsp3) is 0.462. The molecule has 92 valence electrons. The molecule has 17 heavy (non-hydrogen) atoms. The van der Waals surface area contributed by atoms with Crippen molar-refractivity contribution < 1.29 is 19.7 Å². The molecule has 1 aliphatic carbocycles. The van der Waals surface area contributed by atoms with Gasteiger partial charge >= 0.3 is 5.97 Å². The van der Waals surface area contributed by atoms with Crippen molar-refractivity contribution in [2.24, 2.45) is 0 Å². The molecule has 0 amide bonds. The van der Waals surface area contributed by atoms with Gasteiger partial charge in [0.2, 0.25) is 0 Å². The van der Waals surface area contributed by atoms with Crippen LogP contribution < -0.4 is 4.74 Å². The predicted molar refractivity (Wildman–Crippen MR) is 62.6 cm³/mol. The number of rotatable bonds is 3. The molecule has 1 aromatic carbocycles. The van der Waals surface area contributed by atoms with Gasteiger partial charge in [-0.1, -0.05) is 6.42 Å². The first-order valence-corrected chi connectivity index (χ1v) is 5.63. The van der Waals surface area contributed by atoms with E-state index in [0.717, 1.165) is 6.42 Å². The normalized spacial score (nSPS) is 17.3. The third-order valence-electron chi connectivity index (χ3n) is 3.72. The molecule has 0 aliphatic heterocycles. The number of carbonyl (C=O) groups is 1. The average molecular weight is 236 g/mol. The Morgan fingerprint density at radius 1 is 1.41 bits per heavy atom. The van der Waals surface area contributed by atoms with E-state index in [1.807, 2.05) is 0 Å². The van der Waals surface area contributed by atoms with Gasteiger partial charge in [0.25, 0.3) is 0 Å². The van der Waals surface area contributed by atoms with Gasteiger partial charge in [-0.3, -0.25) is 4.79 Å². The second kappa shape index (κ2) is 3.95. The Morgan fingerprint density at radius 3 is 2.47 bits per heavy atom. The van der Waals surface area contributed by atoms with Crippen LogP contribution in [0.25, 0.3) is 0 Å². The number of hydrogen-bond acceptors (Lipinski definition) is 3. The summed E-state index contributed by atoms with van der Waals surface area (Å²) in [6, 6.07) is 3.27. The van der Waals surface area contributed by atoms with Crippen molar-refractivity contribution in [3.63, 3.8) is 0 Å². The Labute approximate surface area is 99.8 Å². The van der Waals surface area contributed by atoms with E-state index in [0.29, 0.717) is 29.7 Å². The number of carboxylic acid groups (broad SMARTS) is 1. The van der Waals surface area contributed by atoms with Crippen LogP contribution in [0.3, 0.4) is 0 Å². The summed E-state index contributed by atoms with van der Waals surface area (Å²) in [5, 5.41) is 19.1. The zero-order valence-electron chi connectivity index (χ0n) is 9.99. The molecule has 2 rings (SSSR count). The minimum Gasteiger partial charge on any atom is -0.508 e. The van der Waals surface area contributed by atoms with Crippen LogP contribution in [0.15, 0.2) is 12.1 Å². The van der Waals surface area contributed by atoms with Gasteiger partial charge in [-0.15, -0.1) is 0 Å². The highest BCUT2D eigenvalue weighted by Gasteiger charge is 2.46. The molecule has 0 radical (unpaired) electrons. The van der Waals surface area contributed by atoms with Crippen molar-refractivity contribution in [2.75, 3.05) is 7.11 Å². The molecule has 1 aliphatic rings. The molecule has 0 atom stereocenters. The van der Waals surface area contributed by atoms with E-state index >= 15 is 0 Å². The van der Waals surface area contributed by atoms with Gasteiger partial charge in [-0.25, -0.2) is 0 Å². The lowest BCUT2D eigenvalue weighted by molar-refractivity contribution is -0.147. The van der Waals surface area contributed by atoms with Crippen molar-refractivity contribution in [2.45, 2.75) is 31.6 Å². The molecule has 0 aromatic heterocycles. The molecule has 2 N–H and O–H groups in total. The van der Waals surface area contributed by atoms with E-state index < -0.39 is 11.4 Å². The number of phenols is 1. The average Bonchev–Trinajstić information content (AvgIpc) is 2.20. The van der Waals surface area contributed by atoms with Crippen LogP contribution in [-0.4, -0.2) is 23.3 Å². The quantitative estimate of drug-likeness (QED) is 0.844. The van der Waals surface area contributed by atoms with Gasteiger partial charge in [0.1, 0.15) is 11.5 Å². The molecule has 1 fully saturated rings. The molecule has 1 saturated carbocycles. The summed E-state index contributed by atoms with van der Waals surface area (Å²) in [6.45, 7) is 1.74. The molecule has 4 nitrogen and oxygen atoms in total. The van der Waals surface area contributed by atoms with Crippen LogP contribution >= 0.6 is 0 Å². The summed E-state index contributed by atoms with van der Waals surface area (Å²) in [6.07, 6.45) is 2.14. The third-order valence-corrected chi connectivity index (χ3v) is 3.72. The summed E-state index contributed by atoms with van der Waals surface area (Å²) in [7, 11) is 1.51. The maximum Gasteiger partial charge on any atom is 0.314 e. The van der Waals surface area contributed by atoms with Gasteiger partial charge in [0.05, 0.1) is 12.5 Å². The molecule has 1 aromatic rings. The van der Waals surface area contributed by atoms with Crippen molar-refractivity contribution >= 4 is 5.97 Å². The summed E-state index contributed by atoms with van der Waals surface area (Å²) in [4.78, 5) is 11.4. The van der Waals surface area contributed by atoms with Crippen LogP contribution in [0.2, 0.25) is 0 Å². The van der Waals surface area contributed by atoms with Crippen molar-refractivity contribution in [3.8, 4) is 11.5 Å². The lowest BCUT2D eigenvalue weighted by Gasteiger charge is -2.38. The summed E-state index contributed by atoms with van der Waals surface area (Å²) >= 11 is 0. The van der Waals surface area contributed by atoms with Crippen LogP contribution in [-0.2, 0) is 10.2 Å². The Bertz CT molecular complexity index is 461. The summed E-state index contributed by atoms with van der Waals surface area (Å²) < 4.78 is 5.16. The van der Waals surface area contributed by atoms with E-state index in [4.69, 9.17) is 4.74 Å². The van der Waals surface area contributed by atoms with Crippen molar-refractivity contribution in [1.82, 2.24) is 0 Å². The second-order valence-electron chi connectivity index (χ2n) is 4.56. The standard InChI is InChI=1S/C13H16O4/c1-8-10(14)6-9(7-11(8)17-2)13(12(15)16)4-3-5-13/h6-7,14H,3-5H2,1-2H3,(H,15,16). The van der Waals surface area contributed by atoms with Gasteiger partial charge < -0.3 is 14.9 Å². The number of carboxylic acids is 1. The number of hydrogen-bond donors (Lipinski definition) is 2. The highest BCUT2D eigenvalue weighted by Crippen LogP contribution is 2.46. The molecule has 0 saturated heterocycles. The van der Waals surface area contributed by atoms with Crippen LogP contribution in [0, 0.1) is 6.92 Å². The van der Waals surface area contributed by atoms with Crippen LogP contribution in [0.5, 0.6) is 11.5 Å². The first kappa shape index (κ1) is 11.8. The van der Waals surface area contributed by atoms with Gasteiger partial charge in [0, 0.05) is 5.56 Å². The topological polar surface area (TPSA) is 66.8 Å². The minimum absolute atomic E-state index is 0.0897. The summed E-state index contributed by atoms with van der Waals surface area (Å²) in [5.74, 6) is -0.201. The summed E-state index contributed by atoms with van der Waals surface area (Å²) in [5.41, 5.74) is 0.436. The zero-order valence-corrected chi connectivity index (χ0v) is 9.99. The Kier molecular flexibility index (Phi) is 2.73. The molecule has 4 heteroatoms. The fourth-order valence-corrected chi connectivity index (χ4v) is 2.32. The molecular weight excluding hydrogens is 220 g/mol. The molecular formula is C13H16O4. The largest absolute Gasteiger partial charge is 0.508 e. The Balaban J connectivity index is 2.52. The van der Waals surface area contributed by atoms with Crippen LogP contribution in [0.1, 0.15) is 30.4 Å². The van der Waals surface area contributed by atoms with E-state index in [2.05, 4.69) is 0 Å². The monoisotopic (exact) mass is 236 g/mol. The number of methoxy groups -OCH3 is 1. The van der Waals surface area contributed by atoms with E-state index in [9.17, 15) is 15.0 Å². The number of phenolic OH excluding ortho intramolecular Hbond substituents is 1. The predicted octanol–water partition coefficient (Wildman–Crippen LogP) is 2.22. The van der Waals surface area contributed by atoms with Gasteiger partial charge in [-0.2, -0.15) is 0 Å². The molecule has 0 heterocycles. The van der Waals surface area contributed by atoms with E-state index in [-0.39, 0.29) is 5.75 Å². The SMILES string of the molecule is COc1cc(C2(C(=O)O)CCC2)cc(O)c1C. The first-order chi connectivity index (χ1) is 8.01. The smallest absolute Gasteiger partial charge is 0.314 e.